The Morgan fingerprint density at radius 1 is 1.00 bits per heavy atom. The first kappa shape index (κ1) is 16.3. The van der Waals surface area contributed by atoms with Crippen molar-refractivity contribution >= 4 is 20.9 Å². The normalized spacial score (nSPS) is 12.2. The van der Waals surface area contributed by atoms with E-state index in [4.69, 9.17) is 5.26 Å². The highest BCUT2D eigenvalue weighted by Gasteiger charge is 2.20. The summed E-state index contributed by atoms with van der Waals surface area (Å²) >= 11 is 0. The molecule has 4 nitrogen and oxygen atoms in total. The molecule has 0 amide bonds. The molecule has 0 bridgehead atoms. The largest absolute Gasteiger partial charge is 0.268 e. The Labute approximate surface area is 142 Å². The number of hydrogen-bond donors (Lipinski definition) is 0. The first-order valence-electron chi connectivity index (χ1n) is 7.61. The van der Waals surface area contributed by atoms with Crippen LogP contribution in [0.5, 0.6) is 0 Å². The van der Waals surface area contributed by atoms with E-state index < -0.39 is 10.0 Å². The van der Waals surface area contributed by atoms with Crippen LogP contribution in [-0.4, -0.2) is 12.4 Å². The van der Waals surface area contributed by atoms with Crippen molar-refractivity contribution in [3.05, 3.63) is 65.9 Å². The molecule has 0 aliphatic carbocycles. The number of nitrogens with zero attached hydrogens (tertiary/aromatic N) is 2. The van der Waals surface area contributed by atoms with Crippen LogP contribution in [0.1, 0.15) is 31.9 Å². The monoisotopic (exact) mass is 338 g/mol. The lowest BCUT2D eigenvalue weighted by atomic mass is 9.87. The smallest absolute Gasteiger partial charge is 0.241 e. The van der Waals surface area contributed by atoms with Crippen molar-refractivity contribution in [2.45, 2.75) is 31.1 Å². The SMILES string of the molecule is CC(C)(C)c1ccc(S(=O)(=O)n2ccc3cc(C#N)ccc32)cc1. The third-order valence-corrected chi connectivity index (χ3v) is 5.76. The first-order valence-corrected chi connectivity index (χ1v) is 9.05. The standard InChI is InChI=1S/C19H18N2O2S/c1-19(2,3)16-5-7-17(8-6-16)24(22,23)21-11-10-15-12-14(13-20)4-9-18(15)21/h4-12H,1-3H3. The van der Waals surface area contributed by atoms with Crippen LogP contribution in [0.25, 0.3) is 10.9 Å². The maximum atomic E-state index is 12.9. The highest BCUT2D eigenvalue weighted by molar-refractivity contribution is 7.90. The Balaban J connectivity index is 2.10. The Morgan fingerprint density at radius 2 is 1.67 bits per heavy atom. The van der Waals surface area contributed by atoms with Crippen molar-refractivity contribution in [1.29, 1.82) is 5.26 Å². The number of benzene rings is 2. The number of hydrogen-bond acceptors (Lipinski definition) is 3. The molecule has 0 aliphatic heterocycles. The lowest BCUT2D eigenvalue weighted by Gasteiger charge is -2.19. The fourth-order valence-corrected chi connectivity index (χ4v) is 3.99. The molecule has 3 rings (SSSR count). The molecule has 1 aromatic heterocycles. The summed E-state index contributed by atoms with van der Waals surface area (Å²) in [4.78, 5) is 0.248. The van der Waals surface area contributed by atoms with Gasteiger partial charge in [-0.05, 0) is 47.4 Å². The molecule has 0 unspecified atom stereocenters. The fourth-order valence-electron chi connectivity index (χ4n) is 2.64. The van der Waals surface area contributed by atoms with Crippen LogP contribution >= 0.6 is 0 Å². The van der Waals surface area contributed by atoms with Gasteiger partial charge in [0, 0.05) is 11.6 Å². The van der Waals surface area contributed by atoms with Gasteiger partial charge >= 0.3 is 0 Å². The quantitative estimate of drug-likeness (QED) is 0.708. The summed E-state index contributed by atoms with van der Waals surface area (Å²) in [5, 5.41) is 9.68. The van der Waals surface area contributed by atoms with E-state index in [-0.39, 0.29) is 10.3 Å². The summed E-state index contributed by atoms with van der Waals surface area (Å²) in [5.74, 6) is 0. The molecule has 0 aliphatic rings. The van der Waals surface area contributed by atoms with Gasteiger partial charge in [0.2, 0.25) is 0 Å². The molecule has 2 aromatic carbocycles. The van der Waals surface area contributed by atoms with Gasteiger partial charge in [0.25, 0.3) is 10.0 Å². The van der Waals surface area contributed by atoms with Gasteiger partial charge < -0.3 is 0 Å². The van der Waals surface area contributed by atoms with E-state index in [0.717, 1.165) is 10.9 Å². The molecule has 0 fully saturated rings. The van der Waals surface area contributed by atoms with Gasteiger partial charge in [0.15, 0.2) is 0 Å². The van der Waals surface area contributed by atoms with Gasteiger partial charge in [-0.2, -0.15) is 5.26 Å². The fraction of sp³-hybridized carbons (Fsp3) is 0.211. The van der Waals surface area contributed by atoms with E-state index in [1.807, 2.05) is 12.1 Å². The molecule has 0 saturated heterocycles. The first-order chi connectivity index (χ1) is 11.2. The number of nitriles is 1. The molecule has 3 aromatic rings. The van der Waals surface area contributed by atoms with Crippen LogP contribution < -0.4 is 0 Å². The third-order valence-electron chi connectivity index (χ3n) is 4.06. The van der Waals surface area contributed by atoms with Gasteiger partial charge in [-0.25, -0.2) is 12.4 Å². The van der Waals surface area contributed by atoms with Gasteiger partial charge in [-0.3, -0.25) is 0 Å². The molecule has 0 radical (unpaired) electrons. The summed E-state index contributed by atoms with van der Waals surface area (Å²) in [6.07, 6.45) is 1.53. The second-order valence-corrected chi connectivity index (χ2v) is 8.59. The minimum absolute atomic E-state index is 0.0316. The Hall–Kier alpha value is -2.58. The minimum atomic E-state index is -3.67. The van der Waals surface area contributed by atoms with Crippen LogP contribution in [0.3, 0.4) is 0 Å². The molecular weight excluding hydrogens is 320 g/mol. The highest BCUT2D eigenvalue weighted by Crippen LogP contribution is 2.26. The van der Waals surface area contributed by atoms with E-state index in [1.54, 1.807) is 36.4 Å². The van der Waals surface area contributed by atoms with E-state index >= 15 is 0 Å². The van der Waals surface area contributed by atoms with Crippen LogP contribution in [0.2, 0.25) is 0 Å². The predicted octanol–water partition coefficient (Wildman–Crippen LogP) is 4.05. The number of rotatable bonds is 2. The van der Waals surface area contributed by atoms with Crippen LogP contribution in [0.4, 0.5) is 0 Å². The Bertz CT molecular complexity index is 1050. The second-order valence-electron chi connectivity index (χ2n) is 6.78. The van der Waals surface area contributed by atoms with E-state index in [2.05, 4.69) is 26.8 Å². The van der Waals surface area contributed by atoms with Crippen LogP contribution in [0, 0.1) is 11.3 Å². The highest BCUT2D eigenvalue weighted by atomic mass is 32.2. The van der Waals surface area contributed by atoms with Crippen molar-refractivity contribution in [3.8, 4) is 6.07 Å². The summed E-state index contributed by atoms with van der Waals surface area (Å²) in [6.45, 7) is 6.26. The van der Waals surface area contributed by atoms with E-state index in [9.17, 15) is 8.42 Å². The zero-order valence-electron chi connectivity index (χ0n) is 13.8. The topological polar surface area (TPSA) is 62.9 Å². The lowest BCUT2D eigenvalue weighted by Crippen LogP contribution is -2.14. The second kappa shape index (κ2) is 5.50. The summed E-state index contributed by atoms with van der Waals surface area (Å²) in [5.41, 5.74) is 2.12. The van der Waals surface area contributed by atoms with Crippen molar-refractivity contribution in [3.63, 3.8) is 0 Å². The summed E-state index contributed by atoms with van der Waals surface area (Å²) < 4.78 is 27.1. The zero-order valence-corrected chi connectivity index (χ0v) is 14.6. The molecule has 122 valence electrons. The minimum Gasteiger partial charge on any atom is -0.241 e. The van der Waals surface area contributed by atoms with Gasteiger partial charge in [0.1, 0.15) is 0 Å². The van der Waals surface area contributed by atoms with Crippen LogP contribution in [0.15, 0.2) is 59.6 Å². The molecular formula is C19H18N2O2S. The summed E-state index contributed by atoms with van der Waals surface area (Å²) in [7, 11) is -3.67. The Kier molecular flexibility index (Phi) is 3.73. The number of aromatic nitrogens is 1. The van der Waals surface area contributed by atoms with Crippen molar-refractivity contribution in [1.82, 2.24) is 3.97 Å². The van der Waals surface area contributed by atoms with Crippen molar-refractivity contribution in [2.75, 3.05) is 0 Å². The molecule has 1 heterocycles. The summed E-state index contributed by atoms with van der Waals surface area (Å²) in [6, 6.07) is 15.7. The average molecular weight is 338 g/mol. The predicted molar refractivity (Wildman–Crippen MR) is 94.4 cm³/mol. The lowest BCUT2D eigenvalue weighted by molar-refractivity contribution is 0.583. The van der Waals surface area contributed by atoms with Crippen molar-refractivity contribution in [2.24, 2.45) is 0 Å². The van der Waals surface area contributed by atoms with Gasteiger partial charge in [-0.15, -0.1) is 0 Å². The van der Waals surface area contributed by atoms with E-state index in [0.29, 0.717) is 11.1 Å². The average Bonchev–Trinajstić information content (AvgIpc) is 2.97. The van der Waals surface area contributed by atoms with Gasteiger partial charge in [0.05, 0.1) is 22.0 Å². The van der Waals surface area contributed by atoms with Gasteiger partial charge in [-0.1, -0.05) is 32.9 Å². The third kappa shape index (κ3) is 2.70. The molecule has 0 atom stereocenters. The molecule has 5 heteroatoms. The molecule has 24 heavy (non-hydrogen) atoms. The molecule has 0 saturated carbocycles. The molecule has 0 N–H and O–H groups in total. The maximum Gasteiger partial charge on any atom is 0.268 e. The zero-order chi connectivity index (χ0) is 17.5. The van der Waals surface area contributed by atoms with E-state index in [1.165, 1.54) is 10.2 Å². The maximum absolute atomic E-state index is 12.9. The number of fused-ring (bicyclic) bond motifs is 1. The molecule has 0 spiro atoms. The van der Waals surface area contributed by atoms with Crippen molar-refractivity contribution < 1.29 is 8.42 Å². The Morgan fingerprint density at radius 3 is 2.25 bits per heavy atom. The van der Waals surface area contributed by atoms with Crippen LogP contribution in [-0.2, 0) is 15.4 Å².